The number of aryl methyl sites for hydroxylation is 1. The maximum Gasteiger partial charge on any atom is 0.252 e. The molecule has 1 saturated carbocycles. The summed E-state index contributed by atoms with van der Waals surface area (Å²) in [5, 5.41) is 6.13. The summed E-state index contributed by atoms with van der Waals surface area (Å²) in [5.41, 5.74) is 2.19. The zero-order chi connectivity index (χ0) is 22.1. The number of nitrogens with one attached hydrogen (secondary N) is 2. The van der Waals surface area contributed by atoms with Crippen molar-refractivity contribution < 1.29 is 9.59 Å². The lowest BCUT2D eigenvalue weighted by Gasteiger charge is -2.30. The van der Waals surface area contributed by atoms with E-state index in [1.807, 2.05) is 43.5 Å². The maximum atomic E-state index is 12.9. The van der Waals surface area contributed by atoms with E-state index in [2.05, 4.69) is 25.2 Å². The molecule has 0 spiro atoms. The van der Waals surface area contributed by atoms with Gasteiger partial charge in [0.25, 0.3) is 5.91 Å². The first-order chi connectivity index (χ1) is 15.5. The highest BCUT2D eigenvalue weighted by molar-refractivity contribution is 6.04. The molecule has 2 N–H and O–H groups in total. The van der Waals surface area contributed by atoms with Crippen molar-refractivity contribution in [2.45, 2.75) is 32.9 Å². The number of carbonyl (C=O) groups excluding carboxylic acids is 2. The number of rotatable bonds is 7. The third-order valence-electron chi connectivity index (χ3n) is 6.32. The fourth-order valence-electron chi connectivity index (χ4n) is 4.12. The van der Waals surface area contributed by atoms with Gasteiger partial charge in [0.05, 0.1) is 24.3 Å². The van der Waals surface area contributed by atoms with Crippen LogP contribution < -0.4 is 15.5 Å². The van der Waals surface area contributed by atoms with Gasteiger partial charge in [0, 0.05) is 37.1 Å². The van der Waals surface area contributed by atoms with Crippen LogP contribution in [0.1, 0.15) is 34.6 Å². The van der Waals surface area contributed by atoms with Crippen LogP contribution in [0.3, 0.4) is 0 Å². The van der Waals surface area contributed by atoms with Gasteiger partial charge in [-0.05, 0) is 31.4 Å². The summed E-state index contributed by atoms with van der Waals surface area (Å²) in [5.74, 6) is 1.38. The smallest absolute Gasteiger partial charge is 0.252 e. The van der Waals surface area contributed by atoms with Crippen molar-refractivity contribution in [3.63, 3.8) is 0 Å². The Hall–Kier alpha value is -3.68. The first kappa shape index (κ1) is 20.2. The van der Waals surface area contributed by atoms with Gasteiger partial charge >= 0.3 is 0 Å². The summed E-state index contributed by atoms with van der Waals surface area (Å²) in [7, 11) is 0. The Labute approximate surface area is 186 Å². The molecule has 32 heavy (non-hydrogen) atoms. The number of hydrogen-bond acceptors (Lipinski definition) is 5. The molecule has 1 aromatic carbocycles. The van der Waals surface area contributed by atoms with Crippen LogP contribution in [0.5, 0.6) is 0 Å². The van der Waals surface area contributed by atoms with E-state index in [1.54, 1.807) is 23.4 Å². The summed E-state index contributed by atoms with van der Waals surface area (Å²) in [6.07, 6.45) is 7.51. The number of nitrogens with zero attached hydrogens (tertiary/aromatic N) is 4. The van der Waals surface area contributed by atoms with Gasteiger partial charge in [0.1, 0.15) is 5.82 Å². The molecule has 2 aromatic heterocycles. The Balaban J connectivity index is 1.30. The monoisotopic (exact) mass is 430 g/mol. The van der Waals surface area contributed by atoms with E-state index in [9.17, 15) is 9.59 Å². The fourth-order valence-corrected chi connectivity index (χ4v) is 4.12. The predicted molar refractivity (Wildman–Crippen MR) is 121 cm³/mol. The second kappa shape index (κ2) is 8.11. The highest BCUT2D eigenvalue weighted by Crippen LogP contribution is 2.46. The fraction of sp³-hybridized carbons (Fsp3) is 0.333. The number of aromatic nitrogens is 3. The minimum atomic E-state index is -0.174. The number of amides is 2. The van der Waals surface area contributed by atoms with Crippen LogP contribution in [0.4, 0.5) is 11.5 Å². The van der Waals surface area contributed by atoms with E-state index < -0.39 is 0 Å². The number of fused-ring (bicyclic) bond motifs is 1. The van der Waals surface area contributed by atoms with Gasteiger partial charge < -0.3 is 20.1 Å². The Kier molecular flexibility index (Phi) is 5.13. The molecule has 1 fully saturated rings. The summed E-state index contributed by atoms with van der Waals surface area (Å²) in [6, 6.07) is 11.6. The molecule has 3 heterocycles. The van der Waals surface area contributed by atoms with E-state index in [0.29, 0.717) is 30.2 Å². The van der Waals surface area contributed by atoms with Crippen LogP contribution in [-0.2, 0) is 17.9 Å². The molecule has 0 unspecified atom stereocenters. The van der Waals surface area contributed by atoms with Crippen molar-refractivity contribution >= 4 is 23.3 Å². The average Bonchev–Trinajstić information content (AvgIpc) is 3.47. The molecule has 1 aliphatic heterocycles. The Morgan fingerprint density at radius 3 is 2.75 bits per heavy atom. The van der Waals surface area contributed by atoms with Crippen LogP contribution in [0.2, 0.25) is 0 Å². The molecule has 0 bridgehead atoms. The molecular weight excluding hydrogens is 404 g/mol. The topological polar surface area (TPSA) is 92.2 Å². The summed E-state index contributed by atoms with van der Waals surface area (Å²) < 4.78 is 2.14. The van der Waals surface area contributed by atoms with Crippen molar-refractivity contribution in [1.82, 2.24) is 19.9 Å². The van der Waals surface area contributed by atoms with E-state index in [-0.39, 0.29) is 23.8 Å². The molecule has 0 atom stereocenters. The van der Waals surface area contributed by atoms with Crippen LogP contribution in [-0.4, -0.2) is 39.4 Å². The number of benzene rings is 1. The second-order valence-corrected chi connectivity index (χ2v) is 8.70. The normalized spacial score (nSPS) is 16.3. The zero-order valence-corrected chi connectivity index (χ0v) is 18.0. The lowest BCUT2D eigenvalue weighted by molar-refractivity contribution is -0.117. The molecule has 8 heteroatoms. The van der Waals surface area contributed by atoms with Gasteiger partial charge in [-0.1, -0.05) is 30.3 Å². The number of anilines is 2. The Bertz CT molecular complexity index is 1150. The third-order valence-corrected chi connectivity index (χ3v) is 6.32. The molecule has 2 aliphatic rings. The molecule has 2 amide bonds. The van der Waals surface area contributed by atoms with Crippen molar-refractivity contribution in [2.24, 2.45) is 5.41 Å². The third kappa shape index (κ3) is 4.08. The largest absolute Gasteiger partial charge is 0.359 e. The molecule has 0 saturated heterocycles. The first-order valence-corrected chi connectivity index (χ1v) is 10.9. The number of carbonyl (C=O) groups is 2. The SMILES string of the molecule is Cc1nccn1CC1(CNC(=O)c2cnc3c(c2)N(Cc2ccccc2)C(=O)CN3)CC1. The minimum absolute atomic E-state index is 0.0478. The van der Waals surface area contributed by atoms with Crippen molar-refractivity contribution in [2.75, 3.05) is 23.3 Å². The van der Waals surface area contributed by atoms with E-state index in [0.717, 1.165) is 30.8 Å². The quantitative estimate of drug-likeness (QED) is 0.601. The van der Waals surface area contributed by atoms with Gasteiger partial charge in [0.15, 0.2) is 5.82 Å². The highest BCUT2D eigenvalue weighted by Gasteiger charge is 2.43. The van der Waals surface area contributed by atoms with Gasteiger partial charge in [-0.2, -0.15) is 0 Å². The minimum Gasteiger partial charge on any atom is -0.359 e. The summed E-state index contributed by atoms with van der Waals surface area (Å²) in [6.45, 7) is 4.07. The lowest BCUT2D eigenvalue weighted by Crippen LogP contribution is -2.40. The molecule has 3 aromatic rings. The summed E-state index contributed by atoms with van der Waals surface area (Å²) >= 11 is 0. The van der Waals surface area contributed by atoms with Crippen LogP contribution >= 0.6 is 0 Å². The van der Waals surface area contributed by atoms with E-state index in [1.165, 1.54) is 0 Å². The number of pyridine rings is 1. The highest BCUT2D eigenvalue weighted by atomic mass is 16.2. The van der Waals surface area contributed by atoms with Crippen molar-refractivity contribution in [3.05, 3.63) is 71.9 Å². The van der Waals surface area contributed by atoms with Crippen LogP contribution in [0, 0.1) is 12.3 Å². The molecule has 5 rings (SSSR count). The molecule has 164 valence electrons. The van der Waals surface area contributed by atoms with Crippen LogP contribution in [0.25, 0.3) is 0 Å². The second-order valence-electron chi connectivity index (χ2n) is 8.70. The van der Waals surface area contributed by atoms with Crippen LogP contribution in [0.15, 0.2) is 55.0 Å². The zero-order valence-electron chi connectivity index (χ0n) is 18.0. The molecule has 0 radical (unpaired) electrons. The molecular formula is C24H26N6O2. The van der Waals surface area contributed by atoms with Gasteiger partial charge in [-0.15, -0.1) is 0 Å². The molecule has 1 aliphatic carbocycles. The standard InChI is InChI=1S/C24H26N6O2/c1-17-25-9-10-29(17)16-24(7-8-24)15-28-23(32)19-11-20-22(26-12-19)27-13-21(31)30(20)14-18-5-3-2-4-6-18/h2-6,9-12H,7-8,13-16H2,1H3,(H,26,27)(H,28,32). The van der Waals surface area contributed by atoms with Gasteiger partial charge in [0.2, 0.25) is 5.91 Å². The average molecular weight is 431 g/mol. The van der Waals surface area contributed by atoms with Gasteiger partial charge in [-0.3, -0.25) is 9.59 Å². The number of hydrogen-bond donors (Lipinski definition) is 2. The Morgan fingerprint density at radius 2 is 2.03 bits per heavy atom. The van der Waals surface area contributed by atoms with Crippen molar-refractivity contribution in [3.8, 4) is 0 Å². The molecule has 8 nitrogen and oxygen atoms in total. The maximum absolute atomic E-state index is 12.9. The predicted octanol–water partition coefficient (Wildman–Crippen LogP) is 2.76. The Morgan fingerprint density at radius 1 is 1.22 bits per heavy atom. The lowest BCUT2D eigenvalue weighted by atomic mass is 10.1. The van der Waals surface area contributed by atoms with Crippen molar-refractivity contribution in [1.29, 1.82) is 0 Å². The van der Waals surface area contributed by atoms with Gasteiger partial charge in [-0.25, -0.2) is 9.97 Å². The van der Waals surface area contributed by atoms with E-state index >= 15 is 0 Å². The number of imidazole rings is 1. The first-order valence-electron chi connectivity index (χ1n) is 10.9. The summed E-state index contributed by atoms with van der Waals surface area (Å²) in [4.78, 5) is 35.9. The van der Waals surface area contributed by atoms with E-state index in [4.69, 9.17) is 0 Å².